The van der Waals surface area contributed by atoms with E-state index >= 15 is 0 Å². The predicted octanol–water partition coefficient (Wildman–Crippen LogP) is 1.20. The summed E-state index contributed by atoms with van der Waals surface area (Å²) in [5.41, 5.74) is 0. The fourth-order valence-corrected chi connectivity index (χ4v) is 1.23. The molecule has 6 nitrogen and oxygen atoms in total. The summed E-state index contributed by atoms with van der Waals surface area (Å²) in [6.07, 6.45) is 1.39. The quantitative estimate of drug-likeness (QED) is 0.280. The molecule has 0 aliphatic rings. The molecule has 0 saturated heterocycles. The van der Waals surface area contributed by atoms with Crippen molar-refractivity contribution in [2.45, 2.75) is 0 Å². The third kappa shape index (κ3) is 19.3. The summed E-state index contributed by atoms with van der Waals surface area (Å²) in [4.78, 5) is 0. The fourth-order valence-electron chi connectivity index (χ4n) is 1.23. The van der Waals surface area contributed by atoms with Gasteiger partial charge >= 0.3 is 0 Å². The number of ether oxygens (including phenoxy) is 6. The van der Waals surface area contributed by atoms with Crippen LogP contribution in [0.25, 0.3) is 0 Å². The van der Waals surface area contributed by atoms with E-state index in [0.717, 1.165) is 0 Å². The Morgan fingerprint density at radius 3 is 1.24 bits per heavy atom. The molecule has 0 aliphatic heterocycles. The van der Waals surface area contributed by atoms with E-state index in [1.807, 2.05) is 0 Å². The lowest BCUT2D eigenvalue weighted by molar-refractivity contribution is -0.0142. The minimum Gasteiger partial charge on any atom is -0.499 e. The first kappa shape index (κ1) is 20.3. The highest BCUT2D eigenvalue weighted by Gasteiger charge is 1.93. The second-order valence-corrected chi connectivity index (χ2v) is 3.79. The summed E-state index contributed by atoms with van der Waals surface area (Å²) < 4.78 is 42.5. The van der Waals surface area contributed by atoms with Crippen molar-refractivity contribution in [1.29, 1.82) is 0 Å². The summed E-state index contributed by atoms with van der Waals surface area (Å²) in [6.45, 7) is 8.07. The van der Waals surface area contributed by atoms with Crippen LogP contribution in [-0.4, -0.2) is 79.4 Å². The lowest BCUT2D eigenvalue weighted by Gasteiger charge is -2.07. The number of halogens is 1. The van der Waals surface area contributed by atoms with E-state index in [1.165, 1.54) is 6.26 Å². The molecule has 0 radical (unpaired) electrons. The van der Waals surface area contributed by atoms with Crippen LogP contribution in [-0.2, 0) is 28.4 Å². The van der Waals surface area contributed by atoms with E-state index in [2.05, 4.69) is 6.58 Å². The van der Waals surface area contributed by atoms with Crippen LogP contribution in [0.2, 0.25) is 0 Å². The van der Waals surface area contributed by atoms with Crippen molar-refractivity contribution in [1.82, 2.24) is 0 Å². The SMILES string of the molecule is C=COCCOCCOCCOCCOCCOCCF. The third-order valence-electron chi connectivity index (χ3n) is 2.17. The van der Waals surface area contributed by atoms with Gasteiger partial charge < -0.3 is 28.4 Å². The lowest BCUT2D eigenvalue weighted by Crippen LogP contribution is -2.14. The van der Waals surface area contributed by atoms with Crippen molar-refractivity contribution in [3.05, 3.63) is 12.8 Å². The zero-order valence-corrected chi connectivity index (χ0v) is 12.6. The van der Waals surface area contributed by atoms with E-state index in [4.69, 9.17) is 28.4 Å². The maximum Gasteiger partial charge on any atom is 0.113 e. The number of hydrogen-bond donors (Lipinski definition) is 0. The molecule has 0 N–H and O–H groups in total. The Bertz CT molecular complexity index is 206. The molecular formula is C14H27FO6. The molecule has 21 heavy (non-hydrogen) atoms. The van der Waals surface area contributed by atoms with E-state index in [9.17, 15) is 4.39 Å². The van der Waals surface area contributed by atoms with Gasteiger partial charge in [0.1, 0.15) is 13.3 Å². The Hall–Kier alpha value is -0.730. The molecule has 0 amide bonds. The van der Waals surface area contributed by atoms with Gasteiger partial charge in [0, 0.05) is 0 Å². The van der Waals surface area contributed by atoms with E-state index in [0.29, 0.717) is 66.1 Å². The van der Waals surface area contributed by atoms with Crippen molar-refractivity contribution >= 4 is 0 Å². The maximum atomic E-state index is 11.7. The van der Waals surface area contributed by atoms with Crippen LogP contribution in [0.4, 0.5) is 4.39 Å². The Morgan fingerprint density at radius 1 is 0.571 bits per heavy atom. The molecule has 0 saturated carbocycles. The molecule has 0 rings (SSSR count). The van der Waals surface area contributed by atoms with Crippen molar-refractivity contribution in [2.24, 2.45) is 0 Å². The van der Waals surface area contributed by atoms with Crippen molar-refractivity contribution < 1.29 is 32.8 Å². The Labute approximate surface area is 126 Å². The number of hydrogen-bond acceptors (Lipinski definition) is 6. The van der Waals surface area contributed by atoms with E-state index in [1.54, 1.807) is 0 Å². The molecule has 0 fully saturated rings. The van der Waals surface area contributed by atoms with Crippen LogP contribution in [0.1, 0.15) is 0 Å². The number of alkyl halides is 1. The maximum absolute atomic E-state index is 11.7. The molecule has 0 aliphatic carbocycles. The second kappa shape index (κ2) is 19.3. The molecule has 0 aromatic rings. The third-order valence-corrected chi connectivity index (χ3v) is 2.17. The molecular weight excluding hydrogens is 283 g/mol. The Kier molecular flexibility index (Phi) is 18.6. The van der Waals surface area contributed by atoms with Crippen molar-refractivity contribution in [3.8, 4) is 0 Å². The predicted molar refractivity (Wildman–Crippen MR) is 76.2 cm³/mol. The average Bonchev–Trinajstić information content (AvgIpc) is 2.50. The van der Waals surface area contributed by atoms with Crippen LogP contribution in [0, 0.1) is 0 Å². The van der Waals surface area contributed by atoms with Crippen LogP contribution in [0.15, 0.2) is 12.8 Å². The molecule has 0 atom stereocenters. The van der Waals surface area contributed by atoms with Gasteiger partial charge in [-0.1, -0.05) is 6.58 Å². The number of rotatable bonds is 18. The molecule has 0 bridgehead atoms. The molecule has 0 spiro atoms. The average molecular weight is 310 g/mol. The highest BCUT2D eigenvalue weighted by molar-refractivity contribution is 4.47. The van der Waals surface area contributed by atoms with Crippen molar-refractivity contribution in [2.75, 3.05) is 79.4 Å². The van der Waals surface area contributed by atoms with Gasteiger partial charge in [0.2, 0.25) is 0 Å². The minimum absolute atomic E-state index is 0.127. The monoisotopic (exact) mass is 310 g/mol. The Balaban J connectivity index is 2.91. The normalized spacial score (nSPS) is 10.7. The fraction of sp³-hybridized carbons (Fsp3) is 0.857. The largest absolute Gasteiger partial charge is 0.499 e. The van der Waals surface area contributed by atoms with Crippen LogP contribution < -0.4 is 0 Å². The molecule has 0 unspecified atom stereocenters. The van der Waals surface area contributed by atoms with Gasteiger partial charge in [0.25, 0.3) is 0 Å². The van der Waals surface area contributed by atoms with E-state index in [-0.39, 0.29) is 6.61 Å². The van der Waals surface area contributed by atoms with Gasteiger partial charge in [0.05, 0.1) is 72.3 Å². The summed E-state index contributed by atoms with van der Waals surface area (Å²) in [7, 11) is 0. The summed E-state index contributed by atoms with van der Waals surface area (Å²) in [5, 5.41) is 0. The van der Waals surface area contributed by atoms with Gasteiger partial charge in [-0.3, -0.25) is 0 Å². The van der Waals surface area contributed by atoms with Crippen LogP contribution >= 0.6 is 0 Å². The topological polar surface area (TPSA) is 55.4 Å². The van der Waals surface area contributed by atoms with Crippen molar-refractivity contribution in [3.63, 3.8) is 0 Å². The highest BCUT2D eigenvalue weighted by Crippen LogP contribution is 1.84. The van der Waals surface area contributed by atoms with Crippen LogP contribution in [0.3, 0.4) is 0 Å². The van der Waals surface area contributed by atoms with Gasteiger partial charge in [-0.05, 0) is 0 Å². The first-order chi connectivity index (χ1) is 10.4. The lowest BCUT2D eigenvalue weighted by atomic mass is 10.7. The van der Waals surface area contributed by atoms with Gasteiger partial charge in [0.15, 0.2) is 0 Å². The minimum atomic E-state index is -0.462. The zero-order valence-electron chi connectivity index (χ0n) is 12.6. The molecule has 0 heterocycles. The summed E-state index contributed by atoms with van der Waals surface area (Å²) >= 11 is 0. The smallest absolute Gasteiger partial charge is 0.113 e. The molecule has 0 aromatic carbocycles. The van der Waals surface area contributed by atoms with Gasteiger partial charge in [-0.15, -0.1) is 0 Å². The zero-order chi connectivity index (χ0) is 15.4. The standard InChI is InChI=1S/C14H27FO6/c1-2-16-5-6-18-9-10-20-13-14-21-12-11-19-8-7-17-4-3-15/h2H,1,3-14H2. The van der Waals surface area contributed by atoms with Gasteiger partial charge in [-0.25, -0.2) is 4.39 Å². The molecule has 126 valence electrons. The first-order valence-electron chi connectivity index (χ1n) is 7.09. The summed E-state index contributed by atoms with van der Waals surface area (Å²) in [5.74, 6) is 0. The highest BCUT2D eigenvalue weighted by atomic mass is 19.1. The van der Waals surface area contributed by atoms with Crippen LogP contribution in [0.5, 0.6) is 0 Å². The second-order valence-electron chi connectivity index (χ2n) is 3.79. The Morgan fingerprint density at radius 2 is 0.905 bits per heavy atom. The molecule has 7 heteroatoms. The molecule has 0 aromatic heterocycles. The summed E-state index contributed by atoms with van der Waals surface area (Å²) in [6, 6.07) is 0. The van der Waals surface area contributed by atoms with E-state index < -0.39 is 6.67 Å². The first-order valence-corrected chi connectivity index (χ1v) is 7.09. The van der Waals surface area contributed by atoms with Gasteiger partial charge in [-0.2, -0.15) is 0 Å².